The lowest BCUT2D eigenvalue weighted by molar-refractivity contribution is 0.443. The third-order valence-corrected chi connectivity index (χ3v) is 6.54. The molecule has 5 rings (SSSR count). The molecule has 1 aliphatic rings. The number of pyridine rings is 2. The minimum atomic E-state index is -0.280. The first-order valence-electron chi connectivity index (χ1n) is 12.1. The van der Waals surface area contributed by atoms with E-state index in [1.165, 1.54) is 0 Å². The van der Waals surface area contributed by atoms with Gasteiger partial charge in [0.05, 0.1) is 40.1 Å². The molecule has 184 valence electrons. The number of aryl methyl sites for hydroxylation is 1. The average Bonchev–Trinajstić information content (AvgIpc) is 3.57. The van der Waals surface area contributed by atoms with Crippen molar-refractivity contribution in [1.82, 2.24) is 25.0 Å². The summed E-state index contributed by atoms with van der Waals surface area (Å²) in [7, 11) is 0. The molecule has 1 atom stereocenters. The zero-order valence-corrected chi connectivity index (χ0v) is 21.6. The molecule has 0 amide bonds. The van der Waals surface area contributed by atoms with Gasteiger partial charge in [0, 0.05) is 41.3 Å². The first kappa shape index (κ1) is 24.0. The monoisotopic (exact) mass is 500 g/mol. The standard InChI is InChI=1S/C27H29ClN8/c1-16-20(6-5-9-30-16)26(23-14-36(35-34-23)19-7-8-19)33-18-10-21-24(32-15-27(2,3)4)17(12-29)13-31-25(21)22(28)11-18/h5-6,9-11,13-14,19,26,33H,7-8,15H2,1-4H3,(H,31,32)/t26-/m0/s1. The van der Waals surface area contributed by atoms with E-state index in [0.717, 1.165) is 46.6 Å². The van der Waals surface area contributed by atoms with E-state index in [0.29, 0.717) is 28.7 Å². The normalized spacial score (nSPS) is 14.4. The van der Waals surface area contributed by atoms with Crippen molar-refractivity contribution in [2.45, 2.75) is 52.6 Å². The fourth-order valence-electron chi connectivity index (χ4n) is 4.19. The van der Waals surface area contributed by atoms with Crippen LogP contribution in [-0.2, 0) is 0 Å². The lowest BCUT2D eigenvalue weighted by Gasteiger charge is -2.22. The lowest BCUT2D eigenvalue weighted by Crippen LogP contribution is -2.20. The highest BCUT2D eigenvalue weighted by Crippen LogP contribution is 2.37. The topological polar surface area (TPSA) is 104 Å². The molecule has 8 nitrogen and oxygen atoms in total. The second kappa shape index (κ2) is 9.40. The third-order valence-electron chi connectivity index (χ3n) is 6.26. The molecule has 3 aromatic heterocycles. The molecule has 3 heterocycles. The number of nitriles is 1. The predicted octanol–water partition coefficient (Wildman–Crippen LogP) is 6.05. The molecule has 1 aliphatic carbocycles. The van der Waals surface area contributed by atoms with Crippen molar-refractivity contribution < 1.29 is 0 Å². The van der Waals surface area contributed by atoms with Crippen LogP contribution < -0.4 is 10.6 Å². The first-order valence-corrected chi connectivity index (χ1v) is 12.5. The maximum atomic E-state index is 9.77. The number of fused-ring (bicyclic) bond motifs is 1. The van der Waals surface area contributed by atoms with Crippen molar-refractivity contribution in [2.24, 2.45) is 5.41 Å². The van der Waals surface area contributed by atoms with Crippen LogP contribution >= 0.6 is 11.6 Å². The van der Waals surface area contributed by atoms with Crippen LogP contribution in [0.1, 0.15) is 68.2 Å². The van der Waals surface area contributed by atoms with Gasteiger partial charge >= 0.3 is 0 Å². The van der Waals surface area contributed by atoms with Crippen LogP contribution in [-0.4, -0.2) is 31.5 Å². The van der Waals surface area contributed by atoms with Gasteiger partial charge in [-0.2, -0.15) is 5.26 Å². The smallest absolute Gasteiger partial charge is 0.110 e. The molecule has 0 bridgehead atoms. The fourth-order valence-corrected chi connectivity index (χ4v) is 4.46. The van der Waals surface area contributed by atoms with Gasteiger partial charge in [0.1, 0.15) is 11.8 Å². The summed E-state index contributed by atoms with van der Waals surface area (Å²) in [5, 5.41) is 27.0. The van der Waals surface area contributed by atoms with Crippen LogP contribution in [0.5, 0.6) is 0 Å². The Balaban J connectivity index is 1.59. The van der Waals surface area contributed by atoms with Gasteiger partial charge in [-0.3, -0.25) is 9.97 Å². The van der Waals surface area contributed by atoms with Crippen LogP contribution in [0, 0.1) is 23.7 Å². The Morgan fingerprint density at radius 2 is 2.06 bits per heavy atom. The Morgan fingerprint density at radius 1 is 1.25 bits per heavy atom. The van der Waals surface area contributed by atoms with Gasteiger partial charge in [-0.1, -0.05) is 43.7 Å². The van der Waals surface area contributed by atoms with E-state index in [1.807, 2.05) is 42.1 Å². The summed E-state index contributed by atoms with van der Waals surface area (Å²) in [6.45, 7) is 9.11. The van der Waals surface area contributed by atoms with Crippen LogP contribution in [0.4, 0.5) is 11.4 Å². The van der Waals surface area contributed by atoms with Crippen LogP contribution in [0.15, 0.2) is 42.9 Å². The molecule has 1 fully saturated rings. The highest BCUT2D eigenvalue weighted by atomic mass is 35.5. The molecule has 1 saturated carbocycles. The molecule has 0 unspecified atom stereocenters. The van der Waals surface area contributed by atoms with E-state index in [2.05, 4.69) is 57.8 Å². The lowest BCUT2D eigenvalue weighted by atomic mass is 9.96. The number of nitrogens with one attached hydrogen (secondary N) is 2. The van der Waals surface area contributed by atoms with Crippen LogP contribution in [0.25, 0.3) is 10.9 Å². The SMILES string of the molecule is Cc1ncccc1[C@H](Nc1cc(Cl)c2ncc(C#N)c(NCC(C)(C)C)c2c1)c1cn(C2CC2)nn1. The summed E-state index contributed by atoms with van der Waals surface area (Å²) >= 11 is 6.72. The van der Waals surface area contributed by atoms with Gasteiger partial charge in [-0.15, -0.1) is 5.10 Å². The number of halogens is 1. The Hall–Kier alpha value is -3.70. The van der Waals surface area contributed by atoms with Gasteiger partial charge in [0.25, 0.3) is 0 Å². The highest BCUT2D eigenvalue weighted by Gasteiger charge is 2.28. The summed E-state index contributed by atoms with van der Waals surface area (Å²) in [6.07, 6.45) is 7.63. The molecule has 9 heteroatoms. The third kappa shape index (κ3) is 4.98. The van der Waals surface area contributed by atoms with Gasteiger partial charge < -0.3 is 10.6 Å². The Bertz CT molecular complexity index is 1460. The number of hydrogen-bond acceptors (Lipinski definition) is 7. The number of hydrogen-bond donors (Lipinski definition) is 2. The Labute approximate surface area is 215 Å². The van der Waals surface area contributed by atoms with Crippen LogP contribution in [0.3, 0.4) is 0 Å². The zero-order chi connectivity index (χ0) is 25.4. The van der Waals surface area contributed by atoms with Gasteiger partial charge in [0.15, 0.2) is 0 Å². The maximum absolute atomic E-state index is 9.77. The van der Waals surface area contributed by atoms with Crippen molar-refractivity contribution in [3.63, 3.8) is 0 Å². The minimum Gasteiger partial charge on any atom is -0.383 e. The molecular weight excluding hydrogens is 472 g/mol. The second-order valence-corrected chi connectivity index (χ2v) is 10.9. The molecule has 4 aromatic rings. The van der Waals surface area contributed by atoms with Gasteiger partial charge in [-0.05, 0) is 43.4 Å². The fraction of sp³-hybridized carbons (Fsp3) is 0.370. The maximum Gasteiger partial charge on any atom is 0.110 e. The van der Waals surface area contributed by atoms with Crippen molar-refractivity contribution >= 4 is 33.9 Å². The Morgan fingerprint density at radius 3 is 2.75 bits per heavy atom. The summed E-state index contributed by atoms with van der Waals surface area (Å²) in [5.41, 5.74) is 5.39. The van der Waals surface area contributed by atoms with Crippen LogP contribution in [0.2, 0.25) is 5.02 Å². The molecular formula is C27H29ClN8. The number of anilines is 2. The van der Waals surface area contributed by atoms with E-state index in [-0.39, 0.29) is 11.5 Å². The highest BCUT2D eigenvalue weighted by molar-refractivity contribution is 6.35. The number of benzene rings is 1. The quantitative estimate of drug-likeness (QED) is 0.318. The zero-order valence-electron chi connectivity index (χ0n) is 20.9. The number of aromatic nitrogens is 5. The van der Waals surface area contributed by atoms with Crippen molar-refractivity contribution in [2.75, 3.05) is 17.2 Å². The van der Waals surface area contributed by atoms with Crippen molar-refractivity contribution in [3.8, 4) is 6.07 Å². The van der Waals surface area contributed by atoms with E-state index in [1.54, 1.807) is 12.4 Å². The first-order chi connectivity index (χ1) is 17.2. The van der Waals surface area contributed by atoms with E-state index >= 15 is 0 Å². The van der Waals surface area contributed by atoms with E-state index in [4.69, 9.17) is 11.6 Å². The number of rotatable bonds is 7. The summed E-state index contributed by atoms with van der Waals surface area (Å²) in [4.78, 5) is 8.97. The minimum absolute atomic E-state index is 0.0261. The summed E-state index contributed by atoms with van der Waals surface area (Å²) in [6, 6.07) is 10.2. The molecule has 0 aliphatic heterocycles. The molecule has 0 radical (unpaired) electrons. The van der Waals surface area contributed by atoms with E-state index < -0.39 is 0 Å². The Kier molecular flexibility index (Phi) is 6.27. The van der Waals surface area contributed by atoms with Crippen molar-refractivity contribution in [3.05, 3.63) is 70.4 Å². The van der Waals surface area contributed by atoms with Gasteiger partial charge in [-0.25, -0.2) is 4.68 Å². The number of nitrogens with zero attached hydrogens (tertiary/aromatic N) is 6. The molecule has 0 spiro atoms. The average molecular weight is 501 g/mol. The summed E-state index contributed by atoms with van der Waals surface area (Å²) in [5.74, 6) is 0. The second-order valence-electron chi connectivity index (χ2n) is 10.5. The molecule has 0 saturated heterocycles. The molecule has 1 aromatic carbocycles. The van der Waals surface area contributed by atoms with Gasteiger partial charge in [0.2, 0.25) is 0 Å². The largest absolute Gasteiger partial charge is 0.383 e. The predicted molar refractivity (Wildman–Crippen MR) is 142 cm³/mol. The molecule has 36 heavy (non-hydrogen) atoms. The summed E-state index contributed by atoms with van der Waals surface area (Å²) < 4.78 is 1.95. The van der Waals surface area contributed by atoms with Crippen molar-refractivity contribution in [1.29, 1.82) is 5.26 Å². The molecule has 2 N–H and O–H groups in total. The van der Waals surface area contributed by atoms with E-state index in [9.17, 15) is 5.26 Å².